The van der Waals surface area contributed by atoms with Crippen LogP contribution in [0.3, 0.4) is 0 Å². The van der Waals surface area contributed by atoms with E-state index in [-0.39, 0.29) is 6.04 Å². The standard InChI is InChI=1S/C26H33ClN4O2/c1-29-11-13-31(14-12-29)16-20(32)17-33-21-6-3-18(4-7-21)26-25-22(9-10-30(26)2)23-15-19(27)5-8-24(23)28-25/h3-8,15,20,26,28,32H,9-14,16-17H2,1-2H3. The maximum atomic E-state index is 10.4. The number of piperazine rings is 1. The summed E-state index contributed by atoms with van der Waals surface area (Å²) in [6.45, 7) is 6.06. The highest BCUT2D eigenvalue weighted by molar-refractivity contribution is 6.31. The fourth-order valence-corrected chi connectivity index (χ4v) is 5.29. The average molecular weight is 469 g/mol. The van der Waals surface area contributed by atoms with Crippen LogP contribution in [0, 0.1) is 0 Å². The molecule has 0 bridgehead atoms. The van der Waals surface area contributed by atoms with Gasteiger partial charge in [0.1, 0.15) is 18.5 Å². The molecule has 2 aliphatic rings. The van der Waals surface area contributed by atoms with E-state index in [4.69, 9.17) is 16.3 Å². The molecule has 1 saturated heterocycles. The van der Waals surface area contributed by atoms with E-state index >= 15 is 0 Å². The fraction of sp³-hybridized carbons (Fsp3) is 0.462. The summed E-state index contributed by atoms with van der Waals surface area (Å²) in [5.41, 5.74) is 4.97. The minimum absolute atomic E-state index is 0.164. The summed E-state index contributed by atoms with van der Waals surface area (Å²) in [7, 11) is 4.31. The largest absolute Gasteiger partial charge is 0.491 e. The fourth-order valence-electron chi connectivity index (χ4n) is 5.12. The SMILES string of the molecule is CN1CCN(CC(O)COc2ccc(C3c4[nH]c5ccc(Cl)cc5c4CCN3C)cc2)CC1. The summed E-state index contributed by atoms with van der Waals surface area (Å²) in [4.78, 5) is 10.7. The number of fused-ring (bicyclic) bond motifs is 3. The van der Waals surface area contributed by atoms with E-state index in [0.29, 0.717) is 13.2 Å². The second-order valence-electron chi connectivity index (χ2n) is 9.48. The number of likely N-dealkylation sites (N-methyl/N-ethyl adjacent to an activating group) is 2. The lowest BCUT2D eigenvalue weighted by atomic mass is 9.93. The van der Waals surface area contributed by atoms with Crippen LogP contribution < -0.4 is 4.74 Å². The third-order valence-electron chi connectivity index (χ3n) is 7.03. The van der Waals surface area contributed by atoms with Crippen molar-refractivity contribution in [1.29, 1.82) is 0 Å². The van der Waals surface area contributed by atoms with E-state index in [0.717, 1.165) is 55.4 Å². The predicted octanol–water partition coefficient (Wildman–Crippen LogP) is 3.39. The summed E-state index contributed by atoms with van der Waals surface area (Å²) in [6, 6.07) is 14.5. The molecule has 1 fully saturated rings. The molecule has 0 amide bonds. The summed E-state index contributed by atoms with van der Waals surface area (Å²) in [6.07, 6.45) is 0.521. The Hall–Kier alpha value is -2.09. The van der Waals surface area contributed by atoms with E-state index in [1.165, 1.54) is 22.2 Å². The summed E-state index contributed by atoms with van der Waals surface area (Å²) in [5.74, 6) is 0.790. The molecule has 2 N–H and O–H groups in total. The minimum atomic E-state index is -0.488. The first kappa shape index (κ1) is 22.7. The first-order valence-corrected chi connectivity index (χ1v) is 12.2. The zero-order valence-corrected chi connectivity index (χ0v) is 20.2. The van der Waals surface area contributed by atoms with Gasteiger partial charge in [-0.2, -0.15) is 0 Å². The quantitative estimate of drug-likeness (QED) is 0.581. The molecule has 2 aliphatic heterocycles. The molecule has 0 saturated carbocycles. The van der Waals surface area contributed by atoms with Crippen molar-refractivity contribution in [2.75, 3.05) is 60.0 Å². The maximum absolute atomic E-state index is 10.4. The van der Waals surface area contributed by atoms with Crippen LogP contribution in [0.4, 0.5) is 0 Å². The number of halogens is 1. The highest BCUT2D eigenvalue weighted by atomic mass is 35.5. The molecule has 6 nitrogen and oxygen atoms in total. The molecule has 33 heavy (non-hydrogen) atoms. The summed E-state index contributed by atoms with van der Waals surface area (Å²) in [5, 5.41) is 12.4. The summed E-state index contributed by atoms with van der Waals surface area (Å²) >= 11 is 6.27. The van der Waals surface area contributed by atoms with Crippen molar-refractivity contribution in [3.8, 4) is 5.75 Å². The van der Waals surface area contributed by atoms with Gasteiger partial charge in [0.2, 0.25) is 0 Å². The van der Waals surface area contributed by atoms with E-state index < -0.39 is 6.10 Å². The molecule has 2 unspecified atom stereocenters. The van der Waals surface area contributed by atoms with Gasteiger partial charge in [0, 0.05) is 60.9 Å². The van der Waals surface area contributed by atoms with Gasteiger partial charge >= 0.3 is 0 Å². The smallest absolute Gasteiger partial charge is 0.119 e. The van der Waals surface area contributed by atoms with Crippen LogP contribution in [0.15, 0.2) is 42.5 Å². The molecule has 3 aromatic rings. The monoisotopic (exact) mass is 468 g/mol. The lowest BCUT2D eigenvalue weighted by Gasteiger charge is -2.33. The van der Waals surface area contributed by atoms with Gasteiger partial charge < -0.3 is 19.7 Å². The molecule has 7 heteroatoms. The maximum Gasteiger partial charge on any atom is 0.119 e. The van der Waals surface area contributed by atoms with Gasteiger partial charge in [0.25, 0.3) is 0 Å². The van der Waals surface area contributed by atoms with Crippen molar-refractivity contribution >= 4 is 22.5 Å². The number of aliphatic hydroxyl groups is 1. The third-order valence-corrected chi connectivity index (χ3v) is 7.27. The Balaban J connectivity index is 1.25. The number of aliphatic hydroxyl groups excluding tert-OH is 1. The number of rotatable bonds is 6. The summed E-state index contributed by atoms with van der Waals surface area (Å²) < 4.78 is 5.91. The molecule has 1 aromatic heterocycles. The van der Waals surface area contributed by atoms with Gasteiger partial charge in [-0.05, 0) is 62.0 Å². The number of H-pyrrole nitrogens is 1. The van der Waals surface area contributed by atoms with Gasteiger partial charge in [-0.3, -0.25) is 9.80 Å². The van der Waals surface area contributed by atoms with E-state index in [1.807, 2.05) is 18.2 Å². The van der Waals surface area contributed by atoms with Gasteiger partial charge in [-0.15, -0.1) is 0 Å². The van der Waals surface area contributed by atoms with Gasteiger partial charge in [0.15, 0.2) is 0 Å². The Labute approximate surface area is 200 Å². The number of β-amino-alcohol motifs (C(OH)–C–C–N with tert-alkyl or cyclic N) is 1. The van der Waals surface area contributed by atoms with E-state index in [9.17, 15) is 5.11 Å². The molecule has 0 radical (unpaired) electrons. The van der Waals surface area contributed by atoms with Crippen LogP contribution >= 0.6 is 11.6 Å². The number of nitrogens with zero attached hydrogens (tertiary/aromatic N) is 3. The number of hydrogen-bond acceptors (Lipinski definition) is 5. The van der Waals surface area contributed by atoms with E-state index in [1.54, 1.807) is 0 Å². The highest BCUT2D eigenvalue weighted by Crippen LogP contribution is 2.38. The average Bonchev–Trinajstić information content (AvgIpc) is 3.17. The number of ether oxygens (including phenoxy) is 1. The number of hydrogen-bond donors (Lipinski definition) is 2. The zero-order chi connectivity index (χ0) is 22.9. The van der Waals surface area contributed by atoms with Crippen molar-refractivity contribution in [3.05, 3.63) is 64.3 Å². The van der Waals surface area contributed by atoms with Crippen molar-refractivity contribution in [1.82, 2.24) is 19.7 Å². The second kappa shape index (κ2) is 9.65. The van der Waals surface area contributed by atoms with Crippen LogP contribution in [-0.2, 0) is 6.42 Å². The van der Waals surface area contributed by atoms with Crippen LogP contribution in [0.2, 0.25) is 5.02 Å². The topological polar surface area (TPSA) is 55.0 Å². The molecule has 2 atom stereocenters. The normalized spacial score (nSPS) is 21.3. The molecule has 176 valence electrons. The Morgan fingerprint density at radius 3 is 2.58 bits per heavy atom. The molecule has 0 spiro atoms. The van der Waals surface area contributed by atoms with Gasteiger partial charge in [0.05, 0.1) is 6.04 Å². The van der Waals surface area contributed by atoms with Crippen LogP contribution in [0.1, 0.15) is 22.9 Å². The molecule has 0 aliphatic carbocycles. The lowest BCUT2D eigenvalue weighted by molar-refractivity contribution is 0.0504. The lowest BCUT2D eigenvalue weighted by Crippen LogP contribution is -2.47. The Morgan fingerprint density at radius 2 is 1.82 bits per heavy atom. The Bertz CT molecular complexity index is 1090. The third kappa shape index (κ3) is 4.91. The van der Waals surface area contributed by atoms with Gasteiger partial charge in [-0.25, -0.2) is 0 Å². The second-order valence-corrected chi connectivity index (χ2v) is 9.91. The predicted molar refractivity (Wildman–Crippen MR) is 133 cm³/mol. The molecule has 2 aromatic carbocycles. The first-order chi connectivity index (χ1) is 16.0. The van der Waals surface area contributed by atoms with Crippen molar-refractivity contribution in [3.63, 3.8) is 0 Å². The molecular formula is C26H33ClN4O2. The van der Waals surface area contributed by atoms with Crippen molar-refractivity contribution < 1.29 is 9.84 Å². The molecule has 5 rings (SSSR count). The van der Waals surface area contributed by atoms with Crippen LogP contribution in [-0.4, -0.2) is 90.9 Å². The number of benzene rings is 2. The highest BCUT2D eigenvalue weighted by Gasteiger charge is 2.29. The number of aromatic amines is 1. The van der Waals surface area contributed by atoms with Crippen molar-refractivity contribution in [2.45, 2.75) is 18.6 Å². The number of aromatic nitrogens is 1. The van der Waals surface area contributed by atoms with Gasteiger partial charge in [-0.1, -0.05) is 23.7 Å². The van der Waals surface area contributed by atoms with Crippen LogP contribution in [0.25, 0.3) is 10.9 Å². The van der Waals surface area contributed by atoms with Crippen LogP contribution in [0.5, 0.6) is 5.75 Å². The molecule has 3 heterocycles. The van der Waals surface area contributed by atoms with Crippen molar-refractivity contribution in [2.24, 2.45) is 0 Å². The molecular weight excluding hydrogens is 436 g/mol. The minimum Gasteiger partial charge on any atom is -0.491 e. The zero-order valence-electron chi connectivity index (χ0n) is 19.4. The Morgan fingerprint density at radius 1 is 1.06 bits per heavy atom. The first-order valence-electron chi connectivity index (χ1n) is 11.8. The van der Waals surface area contributed by atoms with E-state index in [2.05, 4.69) is 58.0 Å². The number of nitrogens with one attached hydrogen (secondary N) is 1. The Kier molecular flexibility index (Phi) is 6.63.